The molecule has 0 aliphatic heterocycles. The SMILES string of the molecule is CC1(C)CCC(NC(=O)Cc2ccc(CN)cc2)CC1. The molecule has 1 amide bonds. The first-order chi connectivity index (χ1) is 9.48. The van der Waals surface area contributed by atoms with Gasteiger partial charge in [0.1, 0.15) is 0 Å². The number of benzene rings is 1. The predicted octanol–water partition coefficient (Wildman–Crippen LogP) is 2.77. The standard InChI is InChI=1S/C17H26N2O/c1-17(2)9-7-15(8-10-17)19-16(20)11-13-3-5-14(12-18)6-4-13/h3-6,15H,7-12,18H2,1-2H3,(H,19,20). The van der Waals surface area contributed by atoms with Crippen molar-refractivity contribution < 1.29 is 4.79 Å². The summed E-state index contributed by atoms with van der Waals surface area (Å²) in [7, 11) is 0. The molecule has 0 bridgehead atoms. The number of hydrogen-bond acceptors (Lipinski definition) is 2. The Kier molecular flexibility index (Phi) is 4.81. The van der Waals surface area contributed by atoms with E-state index < -0.39 is 0 Å². The minimum Gasteiger partial charge on any atom is -0.353 e. The number of hydrogen-bond donors (Lipinski definition) is 2. The highest BCUT2D eigenvalue weighted by atomic mass is 16.1. The van der Waals surface area contributed by atoms with Crippen LogP contribution in [0.1, 0.15) is 50.7 Å². The summed E-state index contributed by atoms with van der Waals surface area (Å²) < 4.78 is 0. The molecule has 1 aliphatic rings. The molecule has 1 aliphatic carbocycles. The zero-order chi connectivity index (χ0) is 14.6. The van der Waals surface area contributed by atoms with E-state index in [-0.39, 0.29) is 5.91 Å². The maximum Gasteiger partial charge on any atom is 0.224 e. The van der Waals surface area contributed by atoms with Crippen molar-refractivity contribution >= 4 is 5.91 Å². The third kappa shape index (κ3) is 4.34. The van der Waals surface area contributed by atoms with Crippen LogP contribution in [0.25, 0.3) is 0 Å². The summed E-state index contributed by atoms with van der Waals surface area (Å²) in [5.74, 6) is 0.134. The molecule has 20 heavy (non-hydrogen) atoms. The Balaban J connectivity index is 1.80. The number of nitrogens with two attached hydrogens (primary N) is 1. The maximum absolute atomic E-state index is 12.1. The van der Waals surface area contributed by atoms with Crippen LogP contribution in [0.3, 0.4) is 0 Å². The molecule has 0 atom stereocenters. The van der Waals surface area contributed by atoms with Gasteiger partial charge >= 0.3 is 0 Å². The highest BCUT2D eigenvalue weighted by molar-refractivity contribution is 5.78. The van der Waals surface area contributed by atoms with Crippen molar-refractivity contribution in [1.82, 2.24) is 5.32 Å². The largest absolute Gasteiger partial charge is 0.353 e. The summed E-state index contributed by atoms with van der Waals surface area (Å²) in [5.41, 5.74) is 8.16. The molecular weight excluding hydrogens is 248 g/mol. The Morgan fingerprint density at radius 3 is 2.30 bits per heavy atom. The van der Waals surface area contributed by atoms with Crippen LogP contribution in [-0.2, 0) is 17.8 Å². The van der Waals surface area contributed by atoms with E-state index in [0.717, 1.165) is 24.0 Å². The van der Waals surface area contributed by atoms with Crippen LogP contribution >= 0.6 is 0 Å². The van der Waals surface area contributed by atoms with Crippen LogP contribution in [0.2, 0.25) is 0 Å². The van der Waals surface area contributed by atoms with Crippen molar-refractivity contribution in [3.63, 3.8) is 0 Å². The van der Waals surface area contributed by atoms with Gasteiger partial charge in [0.15, 0.2) is 0 Å². The summed E-state index contributed by atoms with van der Waals surface area (Å²) in [4.78, 5) is 12.1. The summed E-state index contributed by atoms with van der Waals surface area (Å²) in [6.45, 7) is 5.17. The Hall–Kier alpha value is -1.35. The van der Waals surface area contributed by atoms with Gasteiger partial charge in [-0.25, -0.2) is 0 Å². The topological polar surface area (TPSA) is 55.1 Å². The predicted molar refractivity (Wildman–Crippen MR) is 82.2 cm³/mol. The lowest BCUT2D eigenvalue weighted by Gasteiger charge is -2.34. The van der Waals surface area contributed by atoms with Gasteiger partial charge in [0.05, 0.1) is 6.42 Å². The summed E-state index contributed by atoms with van der Waals surface area (Å²) >= 11 is 0. The quantitative estimate of drug-likeness (QED) is 0.887. The number of rotatable bonds is 4. The van der Waals surface area contributed by atoms with Crippen molar-refractivity contribution in [3.05, 3.63) is 35.4 Å². The van der Waals surface area contributed by atoms with Crippen molar-refractivity contribution in [2.45, 2.75) is 58.5 Å². The Morgan fingerprint density at radius 2 is 1.75 bits per heavy atom. The third-order valence-electron chi connectivity index (χ3n) is 4.33. The van der Waals surface area contributed by atoms with Gasteiger partial charge in [-0.1, -0.05) is 38.1 Å². The molecule has 0 heterocycles. The monoisotopic (exact) mass is 274 g/mol. The Morgan fingerprint density at radius 1 is 1.20 bits per heavy atom. The van der Waals surface area contributed by atoms with Crippen molar-refractivity contribution in [2.75, 3.05) is 0 Å². The first kappa shape index (κ1) is 15.0. The lowest BCUT2D eigenvalue weighted by molar-refractivity contribution is -0.121. The highest BCUT2D eigenvalue weighted by Crippen LogP contribution is 2.34. The van der Waals surface area contributed by atoms with E-state index in [1.54, 1.807) is 0 Å². The fourth-order valence-electron chi connectivity index (χ4n) is 2.80. The molecule has 2 rings (SSSR count). The van der Waals surface area contributed by atoms with Gasteiger partial charge in [0, 0.05) is 12.6 Å². The van der Waals surface area contributed by atoms with Crippen LogP contribution in [0.15, 0.2) is 24.3 Å². The van der Waals surface area contributed by atoms with E-state index in [2.05, 4.69) is 19.2 Å². The molecule has 1 aromatic carbocycles. The average Bonchev–Trinajstić information content (AvgIpc) is 2.42. The van der Waals surface area contributed by atoms with Gasteiger partial charge in [-0.15, -0.1) is 0 Å². The molecule has 3 nitrogen and oxygen atoms in total. The molecule has 0 radical (unpaired) electrons. The number of carbonyl (C=O) groups is 1. The third-order valence-corrected chi connectivity index (χ3v) is 4.33. The van der Waals surface area contributed by atoms with Crippen LogP contribution in [-0.4, -0.2) is 11.9 Å². The smallest absolute Gasteiger partial charge is 0.224 e. The highest BCUT2D eigenvalue weighted by Gasteiger charge is 2.27. The fraction of sp³-hybridized carbons (Fsp3) is 0.588. The lowest BCUT2D eigenvalue weighted by Crippen LogP contribution is -2.39. The first-order valence-electron chi connectivity index (χ1n) is 7.56. The summed E-state index contributed by atoms with van der Waals surface area (Å²) in [5, 5.41) is 3.17. The molecule has 3 heteroatoms. The molecule has 1 aromatic rings. The summed E-state index contributed by atoms with van der Waals surface area (Å²) in [6, 6.07) is 8.33. The fourth-order valence-corrected chi connectivity index (χ4v) is 2.80. The second-order valence-corrected chi connectivity index (χ2v) is 6.70. The average molecular weight is 274 g/mol. The Bertz CT molecular complexity index is 441. The van der Waals surface area contributed by atoms with Gasteiger partial charge in [0.2, 0.25) is 5.91 Å². The molecule has 0 unspecified atom stereocenters. The van der Waals surface area contributed by atoms with Gasteiger partial charge in [-0.3, -0.25) is 4.79 Å². The van der Waals surface area contributed by atoms with Crippen LogP contribution < -0.4 is 11.1 Å². The molecule has 0 aromatic heterocycles. The van der Waals surface area contributed by atoms with Crippen molar-refractivity contribution in [3.8, 4) is 0 Å². The van der Waals surface area contributed by atoms with Gasteiger partial charge in [-0.05, 0) is 42.2 Å². The number of amides is 1. The van der Waals surface area contributed by atoms with Gasteiger partial charge < -0.3 is 11.1 Å². The molecule has 1 saturated carbocycles. The molecule has 110 valence electrons. The van der Waals surface area contributed by atoms with E-state index in [1.807, 2.05) is 24.3 Å². The minimum absolute atomic E-state index is 0.134. The molecule has 0 saturated heterocycles. The second-order valence-electron chi connectivity index (χ2n) is 6.70. The van der Waals surface area contributed by atoms with Crippen LogP contribution in [0.5, 0.6) is 0 Å². The number of nitrogens with one attached hydrogen (secondary N) is 1. The van der Waals surface area contributed by atoms with Gasteiger partial charge in [-0.2, -0.15) is 0 Å². The van der Waals surface area contributed by atoms with E-state index in [9.17, 15) is 4.79 Å². The van der Waals surface area contributed by atoms with E-state index in [4.69, 9.17) is 5.73 Å². The van der Waals surface area contributed by atoms with E-state index >= 15 is 0 Å². The van der Waals surface area contributed by atoms with Crippen molar-refractivity contribution in [1.29, 1.82) is 0 Å². The van der Waals surface area contributed by atoms with Crippen LogP contribution in [0, 0.1) is 5.41 Å². The molecular formula is C17H26N2O. The Labute approximate surface area is 121 Å². The second kappa shape index (κ2) is 6.40. The van der Waals surface area contributed by atoms with E-state index in [0.29, 0.717) is 24.4 Å². The minimum atomic E-state index is 0.134. The zero-order valence-corrected chi connectivity index (χ0v) is 12.6. The molecule has 3 N–H and O–H groups in total. The first-order valence-corrected chi connectivity index (χ1v) is 7.56. The molecule has 1 fully saturated rings. The van der Waals surface area contributed by atoms with Gasteiger partial charge in [0.25, 0.3) is 0 Å². The number of carbonyl (C=O) groups excluding carboxylic acids is 1. The van der Waals surface area contributed by atoms with Crippen LogP contribution in [0.4, 0.5) is 0 Å². The normalized spacial score (nSPS) is 18.8. The molecule has 0 spiro atoms. The lowest BCUT2D eigenvalue weighted by atomic mass is 9.75. The maximum atomic E-state index is 12.1. The zero-order valence-electron chi connectivity index (χ0n) is 12.6. The summed E-state index contributed by atoms with van der Waals surface area (Å²) in [6.07, 6.45) is 5.06. The van der Waals surface area contributed by atoms with Crippen molar-refractivity contribution in [2.24, 2.45) is 11.1 Å². The van der Waals surface area contributed by atoms with E-state index in [1.165, 1.54) is 12.8 Å².